The molecule has 1 fully saturated rings. The SMILES string of the molecule is CCC(=O)c1ccc(N2CCOC(CC)C2)cc1. The van der Waals surface area contributed by atoms with Crippen LogP contribution in [0.3, 0.4) is 0 Å². The highest BCUT2D eigenvalue weighted by Gasteiger charge is 2.19. The number of hydrogen-bond donors (Lipinski definition) is 0. The molecule has 1 aromatic rings. The summed E-state index contributed by atoms with van der Waals surface area (Å²) in [5, 5.41) is 0. The van der Waals surface area contributed by atoms with E-state index < -0.39 is 0 Å². The van der Waals surface area contributed by atoms with Gasteiger partial charge in [-0.05, 0) is 30.7 Å². The van der Waals surface area contributed by atoms with Crippen LogP contribution < -0.4 is 4.90 Å². The lowest BCUT2D eigenvalue weighted by Gasteiger charge is -2.34. The van der Waals surface area contributed by atoms with E-state index in [0.29, 0.717) is 12.5 Å². The molecule has 0 aromatic heterocycles. The highest BCUT2D eigenvalue weighted by atomic mass is 16.5. The Hall–Kier alpha value is -1.35. The Morgan fingerprint density at radius 2 is 2.06 bits per heavy atom. The Morgan fingerprint density at radius 1 is 1.33 bits per heavy atom. The number of carbonyl (C=O) groups is 1. The molecule has 98 valence electrons. The molecule has 18 heavy (non-hydrogen) atoms. The highest BCUT2D eigenvalue weighted by Crippen LogP contribution is 2.20. The summed E-state index contributed by atoms with van der Waals surface area (Å²) in [6.45, 7) is 6.70. The van der Waals surface area contributed by atoms with Crippen LogP contribution in [0.5, 0.6) is 0 Å². The van der Waals surface area contributed by atoms with E-state index in [-0.39, 0.29) is 5.78 Å². The molecule has 0 spiro atoms. The van der Waals surface area contributed by atoms with Crippen molar-refractivity contribution >= 4 is 11.5 Å². The molecular formula is C15H21NO2. The summed E-state index contributed by atoms with van der Waals surface area (Å²) in [5.74, 6) is 0.204. The summed E-state index contributed by atoms with van der Waals surface area (Å²) in [4.78, 5) is 13.9. The molecule has 1 atom stereocenters. The van der Waals surface area contributed by atoms with Crippen LogP contribution in [0.15, 0.2) is 24.3 Å². The van der Waals surface area contributed by atoms with Gasteiger partial charge in [-0.25, -0.2) is 0 Å². The Balaban J connectivity index is 2.07. The van der Waals surface area contributed by atoms with E-state index in [9.17, 15) is 4.79 Å². The molecule has 1 heterocycles. The van der Waals surface area contributed by atoms with Crippen molar-refractivity contribution in [1.29, 1.82) is 0 Å². The van der Waals surface area contributed by atoms with Crippen molar-refractivity contribution in [3.05, 3.63) is 29.8 Å². The van der Waals surface area contributed by atoms with Gasteiger partial charge in [0.2, 0.25) is 0 Å². The molecular weight excluding hydrogens is 226 g/mol. The van der Waals surface area contributed by atoms with Crippen molar-refractivity contribution in [1.82, 2.24) is 0 Å². The van der Waals surface area contributed by atoms with Crippen molar-refractivity contribution in [2.45, 2.75) is 32.8 Å². The fourth-order valence-electron chi connectivity index (χ4n) is 2.26. The topological polar surface area (TPSA) is 29.5 Å². The number of ether oxygens (including phenoxy) is 1. The monoisotopic (exact) mass is 247 g/mol. The minimum Gasteiger partial charge on any atom is -0.375 e. The molecule has 1 unspecified atom stereocenters. The van der Waals surface area contributed by atoms with E-state index in [0.717, 1.165) is 31.7 Å². The van der Waals surface area contributed by atoms with Crippen LogP contribution in [0.1, 0.15) is 37.0 Å². The molecule has 3 nitrogen and oxygen atoms in total. The van der Waals surface area contributed by atoms with Crippen LogP contribution in [-0.2, 0) is 4.74 Å². The Morgan fingerprint density at radius 3 is 2.67 bits per heavy atom. The third-order valence-electron chi connectivity index (χ3n) is 3.47. The third-order valence-corrected chi connectivity index (χ3v) is 3.47. The number of Topliss-reactive ketones (excluding diaryl/α,β-unsaturated/α-hetero) is 1. The fourth-order valence-corrected chi connectivity index (χ4v) is 2.26. The van der Waals surface area contributed by atoms with E-state index >= 15 is 0 Å². The van der Waals surface area contributed by atoms with Crippen molar-refractivity contribution in [2.75, 3.05) is 24.6 Å². The summed E-state index contributed by atoms with van der Waals surface area (Å²) < 4.78 is 5.66. The van der Waals surface area contributed by atoms with Gasteiger partial charge in [0.1, 0.15) is 0 Å². The maximum atomic E-state index is 11.6. The molecule has 0 amide bonds. The third kappa shape index (κ3) is 2.91. The second kappa shape index (κ2) is 6.01. The van der Waals surface area contributed by atoms with Crippen LogP contribution in [0.2, 0.25) is 0 Å². The number of hydrogen-bond acceptors (Lipinski definition) is 3. The lowest BCUT2D eigenvalue weighted by Crippen LogP contribution is -2.42. The molecule has 0 bridgehead atoms. The average molecular weight is 247 g/mol. The van der Waals surface area contributed by atoms with E-state index in [2.05, 4.69) is 11.8 Å². The first kappa shape index (κ1) is 13.1. The fraction of sp³-hybridized carbons (Fsp3) is 0.533. The van der Waals surface area contributed by atoms with Gasteiger partial charge in [-0.2, -0.15) is 0 Å². The Kier molecular flexibility index (Phi) is 4.37. The number of rotatable bonds is 4. The molecule has 0 N–H and O–H groups in total. The summed E-state index contributed by atoms with van der Waals surface area (Å²) in [7, 11) is 0. The number of anilines is 1. The number of morpholine rings is 1. The standard InChI is InChI=1S/C15H21NO2/c1-3-14-11-16(9-10-18-14)13-7-5-12(6-8-13)15(17)4-2/h5-8,14H,3-4,9-11H2,1-2H3. The van der Waals surface area contributed by atoms with Gasteiger partial charge in [-0.15, -0.1) is 0 Å². The highest BCUT2D eigenvalue weighted by molar-refractivity contribution is 5.96. The van der Waals surface area contributed by atoms with Gasteiger partial charge >= 0.3 is 0 Å². The van der Waals surface area contributed by atoms with Gasteiger partial charge in [0.15, 0.2) is 5.78 Å². The largest absolute Gasteiger partial charge is 0.375 e. The van der Waals surface area contributed by atoms with E-state index in [4.69, 9.17) is 4.74 Å². The van der Waals surface area contributed by atoms with Gasteiger partial charge in [0.05, 0.1) is 12.7 Å². The van der Waals surface area contributed by atoms with Crippen molar-refractivity contribution < 1.29 is 9.53 Å². The summed E-state index contributed by atoms with van der Waals surface area (Å²) in [6, 6.07) is 7.94. The zero-order chi connectivity index (χ0) is 13.0. The first-order valence-electron chi connectivity index (χ1n) is 6.74. The van der Waals surface area contributed by atoms with Crippen LogP contribution >= 0.6 is 0 Å². The molecule has 0 saturated carbocycles. The molecule has 1 aliphatic heterocycles. The normalized spacial score (nSPS) is 19.9. The second-order valence-electron chi connectivity index (χ2n) is 4.67. The van der Waals surface area contributed by atoms with Gasteiger partial charge in [0.25, 0.3) is 0 Å². The summed E-state index contributed by atoms with van der Waals surface area (Å²) in [5.41, 5.74) is 1.99. The first-order valence-corrected chi connectivity index (χ1v) is 6.74. The lowest BCUT2D eigenvalue weighted by molar-refractivity contribution is 0.0384. The van der Waals surface area contributed by atoms with Crippen LogP contribution in [-0.4, -0.2) is 31.6 Å². The zero-order valence-corrected chi connectivity index (χ0v) is 11.2. The number of benzene rings is 1. The predicted molar refractivity (Wildman–Crippen MR) is 73.3 cm³/mol. The zero-order valence-electron chi connectivity index (χ0n) is 11.2. The summed E-state index contributed by atoms with van der Waals surface area (Å²) >= 11 is 0. The van der Waals surface area contributed by atoms with Crippen LogP contribution in [0.4, 0.5) is 5.69 Å². The summed E-state index contributed by atoms with van der Waals surface area (Å²) in [6.07, 6.45) is 1.94. The quantitative estimate of drug-likeness (QED) is 0.766. The molecule has 0 radical (unpaired) electrons. The number of nitrogens with zero attached hydrogens (tertiary/aromatic N) is 1. The number of carbonyl (C=O) groups excluding carboxylic acids is 1. The van der Waals surface area contributed by atoms with Gasteiger partial charge in [-0.3, -0.25) is 4.79 Å². The van der Waals surface area contributed by atoms with E-state index in [1.165, 1.54) is 5.69 Å². The Labute approximate surface area is 109 Å². The van der Waals surface area contributed by atoms with Gasteiger partial charge in [-0.1, -0.05) is 13.8 Å². The Bertz CT molecular complexity index is 399. The average Bonchev–Trinajstić information content (AvgIpc) is 2.46. The molecule has 1 aliphatic rings. The van der Waals surface area contributed by atoms with Crippen molar-refractivity contribution in [2.24, 2.45) is 0 Å². The van der Waals surface area contributed by atoms with Gasteiger partial charge < -0.3 is 9.64 Å². The molecule has 1 aromatic carbocycles. The van der Waals surface area contributed by atoms with Crippen LogP contribution in [0, 0.1) is 0 Å². The smallest absolute Gasteiger partial charge is 0.162 e. The number of ketones is 1. The predicted octanol–water partition coefficient (Wildman–Crippen LogP) is 2.89. The minimum absolute atomic E-state index is 0.204. The van der Waals surface area contributed by atoms with Crippen molar-refractivity contribution in [3.63, 3.8) is 0 Å². The van der Waals surface area contributed by atoms with E-state index in [1.54, 1.807) is 0 Å². The first-order chi connectivity index (χ1) is 8.74. The molecule has 3 heteroatoms. The molecule has 1 saturated heterocycles. The molecule has 0 aliphatic carbocycles. The van der Waals surface area contributed by atoms with Gasteiger partial charge in [0, 0.05) is 30.8 Å². The van der Waals surface area contributed by atoms with Crippen LogP contribution in [0.25, 0.3) is 0 Å². The maximum absolute atomic E-state index is 11.6. The van der Waals surface area contributed by atoms with E-state index in [1.807, 2.05) is 31.2 Å². The molecule has 2 rings (SSSR count). The maximum Gasteiger partial charge on any atom is 0.162 e. The lowest BCUT2D eigenvalue weighted by atomic mass is 10.1. The second-order valence-corrected chi connectivity index (χ2v) is 4.67. The van der Waals surface area contributed by atoms with Crippen molar-refractivity contribution in [3.8, 4) is 0 Å². The minimum atomic E-state index is 0.204.